The zero-order valence-corrected chi connectivity index (χ0v) is 16.5. The first kappa shape index (κ1) is 17.4. The molecule has 1 aliphatic heterocycles. The third-order valence-electron chi connectivity index (χ3n) is 5.64. The van der Waals surface area contributed by atoms with Crippen LogP contribution < -0.4 is 10.6 Å². The summed E-state index contributed by atoms with van der Waals surface area (Å²) in [6.07, 6.45) is 7.69. The average molecular weight is 395 g/mol. The molecule has 0 atom stereocenters. The summed E-state index contributed by atoms with van der Waals surface area (Å²) in [6.45, 7) is 4.90. The molecular weight excluding hydrogens is 372 g/mol. The fourth-order valence-electron chi connectivity index (χ4n) is 3.60. The molecule has 5 rings (SSSR count). The topological polar surface area (TPSA) is 112 Å². The van der Waals surface area contributed by atoms with Crippen LogP contribution in [0.5, 0.6) is 0 Å². The van der Waals surface area contributed by atoms with E-state index in [1.54, 1.807) is 18.0 Å². The number of rotatable bonds is 4. The smallest absolute Gasteiger partial charge is 0.177 e. The highest BCUT2D eigenvalue weighted by Crippen LogP contribution is 2.35. The van der Waals surface area contributed by atoms with E-state index in [-0.39, 0.29) is 5.41 Å². The minimum absolute atomic E-state index is 0.236. The Balaban J connectivity index is 1.40. The molecule has 5 heterocycles. The lowest BCUT2D eigenvalue weighted by molar-refractivity contribution is 0.258. The third kappa shape index (κ3) is 3.00. The summed E-state index contributed by atoms with van der Waals surface area (Å²) in [6, 6.07) is 4.01. The van der Waals surface area contributed by atoms with Crippen molar-refractivity contribution < 1.29 is 0 Å². The summed E-state index contributed by atoms with van der Waals surface area (Å²) in [5.74, 6) is 0.892. The predicted octanol–water partition coefficient (Wildman–Crippen LogP) is 2.95. The highest BCUT2D eigenvalue weighted by atomic mass is 32.2. The summed E-state index contributed by atoms with van der Waals surface area (Å²) in [4.78, 5) is 20.3. The van der Waals surface area contributed by atoms with Crippen LogP contribution in [0.25, 0.3) is 22.2 Å². The predicted molar refractivity (Wildman–Crippen MR) is 111 cm³/mol. The van der Waals surface area contributed by atoms with E-state index in [2.05, 4.69) is 37.0 Å². The van der Waals surface area contributed by atoms with Crippen molar-refractivity contribution in [2.45, 2.75) is 29.7 Å². The number of fused-ring (bicyclic) bond motifs is 2. The van der Waals surface area contributed by atoms with Crippen LogP contribution >= 0.6 is 11.8 Å². The van der Waals surface area contributed by atoms with Crippen LogP contribution in [0.2, 0.25) is 0 Å². The third-order valence-corrected chi connectivity index (χ3v) is 6.69. The molecule has 0 spiro atoms. The van der Waals surface area contributed by atoms with Crippen molar-refractivity contribution in [2.75, 3.05) is 24.5 Å². The van der Waals surface area contributed by atoms with Gasteiger partial charge in [-0.05, 0) is 36.9 Å². The fourth-order valence-corrected chi connectivity index (χ4v) is 4.55. The van der Waals surface area contributed by atoms with Crippen molar-refractivity contribution >= 4 is 39.8 Å². The molecule has 144 valence electrons. The maximum Gasteiger partial charge on any atom is 0.177 e. The second kappa shape index (κ2) is 6.75. The Morgan fingerprint density at radius 2 is 2.07 bits per heavy atom. The number of nitrogens with two attached hydrogens (primary N) is 1. The molecule has 28 heavy (non-hydrogen) atoms. The number of nitrogens with one attached hydrogen (secondary N) is 2. The SMILES string of the molecule is CC1(CN)CCN(c2cnc3c(Sc4ccnc5[nH]ccc45)n[nH]c3n2)CC1. The lowest BCUT2D eigenvalue weighted by atomic mass is 9.80. The number of anilines is 1. The Labute approximate surface area is 166 Å². The van der Waals surface area contributed by atoms with Crippen LogP contribution in [-0.2, 0) is 0 Å². The molecule has 1 aliphatic rings. The molecule has 0 aliphatic carbocycles. The van der Waals surface area contributed by atoms with Crippen molar-refractivity contribution in [1.29, 1.82) is 0 Å². The maximum absolute atomic E-state index is 5.92. The second-order valence-electron chi connectivity index (χ2n) is 7.61. The molecule has 4 aromatic rings. The van der Waals surface area contributed by atoms with Crippen molar-refractivity contribution in [1.82, 2.24) is 30.1 Å². The van der Waals surface area contributed by atoms with Crippen LogP contribution in [0.4, 0.5) is 5.82 Å². The molecule has 0 bridgehead atoms. The highest BCUT2D eigenvalue weighted by molar-refractivity contribution is 7.99. The molecule has 0 aromatic carbocycles. The van der Waals surface area contributed by atoms with Crippen molar-refractivity contribution in [3.63, 3.8) is 0 Å². The van der Waals surface area contributed by atoms with Gasteiger partial charge in [0.05, 0.1) is 6.20 Å². The lowest BCUT2D eigenvalue weighted by Crippen LogP contribution is -2.42. The van der Waals surface area contributed by atoms with Gasteiger partial charge in [0, 0.05) is 35.8 Å². The Morgan fingerprint density at radius 3 is 2.89 bits per heavy atom. The molecule has 1 saturated heterocycles. The van der Waals surface area contributed by atoms with Gasteiger partial charge in [0.2, 0.25) is 0 Å². The van der Waals surface area contributed by atoms with Crippen LogP contribution in [0.1, 0.15) is 19.8 Å². The van der Waals surface area contributed by atoms with E-state index in [0.717, 1.165) is 64.8 Å². The van der Waals surface area contributed by atoms with Gasteiger partial charge >= 0.3 is 0 Å². The van der Waals surface area contributed by atoms with Crippen LogP contribution in [0.15, 0.2) is 40.6 Å². The largest absolute Gasteiger partial charge is 0.355 e. The molecular formula is C19H22N8S. The van der Waals surface area contributed by atoms with E-state index < -0.39 is 0 Å². The van der Waals surface area contributed by atoms with Gasteiger partial charge in [-0.1, -0.05) is 18.7 Å². The molecule has 1 fully saturated rings. The molecule has 4 aromatic heterocycles. The molecule has 0 saturated carbocycles. The van der Waals surface area contributed by atoms with Crippen LogP contribution in [0.3, 0.4) is 0 Å². The van der Waals surface area contributed by atoms with Crippen molar-refractivity contribution in [3.8, 4) is 0 Å². The maximum atomic E-state index is 5.92. The first-order valence-corrected chi connectivity index (χ1v) is 10.2. The number of piperidine rings is 1. The summed E-state index contributed by atoms with van der Waals surface area (Å²) in [5, 5.41) is 9.38. The number of hydrogen-bond donors (Lipinski definition) is 3. The lowest BCUT2D eigenvalue weighted by Gasteiger charge is -2.39. The van der Waals surface area contributed by atoms with E-state index in [0.29, 0.717) is 5.65 Å². The van der Waals surface area contributed by atoms with Crippen molar-refractivity contribution in [3.05, 3.63) is 30.7 Å². The van der Waals surface area contributed by atoms with Gasteiger partial charge in [0.1, 0.15) is 17.0 Å². The van der Waals surface area contributed by atoms with Crippen molar-refractivity contribution in [2.24, 2.45) is 11.1 Å². The summed E-state index contributed by atoms with van der Waals surface area (Å²) in [7, 11) is 0. The van der Waals surface area contributed by atoms with E-state index in [1.807, 2.05) is 24.5 Å². The summed E-state index contributed by atoms with van der Waals surface area (Å²) < 4.78 is 0. The van der Waals surface area contributed by atoms with Gasteiger partial charge in [-0.15, -0.1) is 0 Å². The molecule has 8 nitrogen and oxygen atoms in total. The average Bonchev–Trinajstić information content (AvgIpc) is 3.36. The van der Waals surface area contributed by atoms with E-state index in [9.17, 15) is 0 Å². The Morgan fingerprint density at radius 1 is 1.21 bits per heavy atom. The van der Waals surface area contributed by atoms with Crippen LogP contribution in [0, 0.1) is 5.41 Å². The van der Waals surface area contributed by atoms with Gasteiger partial charge in [0.15, 0.2) is 10.7 Å². The number of H-pyrrole nitrogens is 2. The molecule has 4 N–H and O–H groups in total. The summed E-state index contributed by atoms with van der Waals surface area (Å²) in [5.41, 5.74) is 8.53. The number of aromatic nitrogens is 6. The van der Waals surface area contributed by atoms with Gasteiger partial charge in [-0.25, -0.2) is 15.0 Å². The number of hydrogen-bond acceptors (Lipinski definition) is 7. The number of pyridine rings is 1. The summed E-state index contributed by atoms with van der Waals surface area (Å²) >= 11 is 1.57. The van der Waals surface area contributed by atoms with E-state index in [1.165, 1.54) is 0 Å². The first-order chi connectivity index (χ1) is 13.6. The van der Waals surface area contributed by atoms with Gasteiger partial charge < -0.3 is 15.6 Å². The van der Waals surface area contributed by atoms with Gasteiger partial charge in [-0.2, -0.15) is 5.10 Å². The monoisotopic (exact) mass is 394 g/mol. The standard InChI is InChI=1S/C19H22N8S/c1-19(11-20)4-8-27(9-5-19)14-10-23-15-17(24-14)25-26-18(15)28-13-3-7-22-16-12(13)2-6-21-16/h2-3,6-7,10H,4-5,8-9,11,20H2,1H3,(H,21,22)(H,24,25,26). The molecule has 0 radical (unpaired) electrons. The van der Waals surface area contributed by atoms with Gasteiger partial charge in [0.25, 0.3) is 0 Å². The van der Waals surface area contributed by atoms with Crippen LogP contribution in [-0.4, -0.2) is 49.8 Å². The van der Waals surface area contributed by atoms with E-state index >= 15 is 0 Å². The minimum atomic E-state index is 0.236. The number of aromatic amines is 2. The quantitative estimate of drug-likeness (QED) is 0.488. The second-order valence-corrected chi connectivity index (χ2v) is 8.64. The Kier molecular flexibility index (Phi) is 4.21. The van der Waals surface area contributed by atoms with E-state index in [4.69, 9.17) is 10.7 Å². The normalized spacial score (nSPS) is 16.9. The highest BCUT2D eigenvalue weighted by Gasteiger charge is 2.29. The molecule has 0 unspecified atom stereocenters. The Hall–Kier alpha value is -2.65. The molecule has 9 heteroatoms. The van der Waals surface area contributed by atoms with Gasteiger partial charge in [-0.3, -0.25) is 5.10 Å². The zero-order valence-electron chi connectivity index (χ0n) is 15.6. The number of nitrogens with zero attached hydrogens (tertiary/aromatic N) is 5. The Bertz CT molecular complexity index is 1130. The zero-order chi connectivity index (χ0) is 19.1. The first-order valence-electron chi connectivity index (χ1n) is 9.41. The molecule has 0 amide bonds. The fraction of sp³-hybridized carbons (Fsp3) is 0.368. The minimum Gasteiger partial charge on any atom is -0.355 e.